The van der Waals surface area contributed by atoms with Crippen LogP contribution >= 0.6 is 11.6 Å². The highest BCUT2D eigenvalue weighted by Gasteiger charge is 2.20. The Kier molecular flexibility index (Phi) is 5.26. The van der Waals surface area contributed by atoms with Gasteiger partial charge in [-0.15, -0.1) is 0 Å². The molecule has 1 saturated heterocycles. The molecule has 5 heteroatoms. The zero-order valence-corrected chi connectivity index (χ0v) is 13.8. The number of ether oxygens (including phenoxy) is 1. The van der Waals surface area contributed by atoms with E-state index in [1.165, 1.54) is 5.69 Å². The quantitative estimate of drug-likeness (QED) is 0.876. The smallest absolute Gasteiger partial charge is 0.138 e. The van der Waals surface area contributed by atoms with Crippen LogP contribution in [0.25, 0.3) is 0 Å². The monoisotopic (exact) mass is 333 g/mol. The fraction of sp³-hybridized carbons (Fsp3) is 0.333. The third-order valence-electron chi connectivity index (χ3n) is 4.24. The number of benzene rings is 2. The van der Waals surface area contributed by atoms with Crippen molar-refractivity contribution in [1.82, 2.24) is 0 Å². The van der Waals surface area contributed by atoms with Crippen molar-refractivity contribution in [2.75, 3.05) is 44.2 Å². The Balaban J connectivity index is 1.43. The normalized spacial score (nSPS) is 15.6. The lowest BCUT2D eigenvalue weighted by molar-refractivity contribution is -0.900. The minimum atomic E-state index is 0.315. The number of halogens is 1. The van der Waals surface area contributed by atoms with Gasteiger partial charge in [0.2, 0.25) is 0 Å². The molecular weight excluding hydrogens is 312 g/mol. The van der Waals surface area contributed by atoms with Crippen molar-refractivity contribution in [1.29, 1.82) is 0 Å². The third-order valence-corrected chi connectivity index (χ3v) is 4.55. The van der Waals surface area contributed by atoms with Gasteiger partial charge in [-0.25, -0.2) is 0 Å². The minimum Gasteiger partial charge on any atom is -0.508 e. The zero-order chi connectivity index (χ0) is 16.1. The van der Waals surface area contributed by atoms with Crippen LogP contribution in [0.4, 0.5) is 5.69 Å². The average Bonchev–Trinajstić information content (AvgIpc) is 2.58. The number of para-hydroxylation sites is 1. The minimum absolute atomic E-state index is 0.315. The second kappa shape index (κ2) is 7.57. The van der Waals surface area contributed by atoms with Crippen molar-refractivity contribution in [2.24, 2.45) is 0 Å². The van der Waals surface area contributed by atoms with E-state index in [2.05, 4.69) is 4.90 Å². The van der Waals surface area contributed by atoms with Crippen molar-refractivity contribution in [3.8, 4) is 11.5 Å². The van der Waals surface area contributed by atoms with Gasteiger partial charge < -0.3 is 19.6 Å². The molecule has 3 rings (SSSR count). The Labute approximate surface area is 141 Å². The zero-order valence-electron chi connectivity index (χ0n) is 13.0. The molecule has 1 fully saturated rings. The summed E-state index contributed by atoms with van der Waals surface area (Å²) in [5, 5.41) is 10.0. The molecule has 0 amide bonds. The average molecular weight is 334 g/mol. The molecule has 1 aliphatic rings. The van der Waals surface area contributed by atoms with E-state index in [0.717, 1.165) is 38.5 Å². The van der Waals surface area contributed by atoms with E-state index in [9.17, 15) is 5.11 Å². The molecule has 1 heterocycles. The third kappa shape index (κ3) is 4.30. The lowest BCUT2D eigenvalue weighted by Gasteiger charge is -2.33. The lowest BCUT2D eigenvalue weighted by Crippen LogP contribution is -3.15. The molecular formula is C18H22ClN2O2+. The molecule has 0 unspecified atom stereocenters. The summed E-state index contributed by atoms with van der Waals surface area (Å²) in [6.45, 7) is 5.88. The number of anilines is 1. The van der Waals surface area contributed by atoms with Crippen LogP contribution in [0.3, 0.4) is 0 Å². The first-order valence-electron chi connectivity index (χ1n) is 7.97. The maximum absolute atomic E-state index is 9.36. The van der Waals surface area contributed by atoms with Crippen LogP contribution in [0.1, 0.15) is 0 Å². The summed E-state index contributed by atoms with van der Waals surface area (Å²) < 4.78 is 5.77. The molecule has 0 aliphatic carbocycles. The highest BCUT2D eigenvalue weighted by molar-refractivity contribution is 6.32. The van der Waals surface area contributed by atoms with Crippen molar-refractivity contribution in [3.63, 3.8) is 0 Å². The first kappa shape index (κ1) is 16.0. The maximum atomic E-state index is 9.36. The fourth-order valence-electron chi connectivity index (χ4n) is 2.86. The molecule has 0 spiro atoms. The van der Waals surface area contributed by atoms with Crippen LogP contribution in [0.15, 0.2) is 48.5 Å². The number of hydrogen-bond donors (Lipinski definition) is 2. The van der Waals surface area contributed by atoms with Gasteiger partial charge in [-0.05, 0) is 36.4 Å². The SMILES string of the molecule is Oc1ccc(N2CC[NH+](CCOc3ccccc3Cl)CC2)cc1. The lowest BCUT2D eigenvalue weighted by atomic mass is 10.2. The first-order valence-corrected chi connectivity index (χ1v) is 8.35. The molecule has 1 aliphatic heterocycles. The van der Waals surface area contributed by atoms with E-state index in [1.807, 2.05) is 36.4 Å². The van der Waals surface area contributed by atoms with Crippen molar-refractivity contribution >= 4 is 17.3 Å². The number of quaternary nitrogens is 1. The number of piperazine rings is 1. The Morgan fingerprint density at radius 3 is 2.43 bits per heavy atom. The van der Waals surface area contributed by atoms with Crippen molar-refractivity contribution in [2.45, 2.75) is 0 Å². The summed E-state index contributed by atoms with van der Waals surface area (Å²) in [4.78, 5) is 3.91. The highest BCUT2D eigenvalue weighted by atomic mass is 35.5. The van der Waals surface area contributed by atoms with Gasteiger partial charge in [0.15, 0.2) is 0 Å². The summed E-state index contributed by atoms with van der Waals surface area (Å²) >= 11 is 6.09. The molecule has 0 radical (unpaired) electrons. The molecule has 2 aromatic rings. The number of phenols is 1. The van der Waals surface area contributed by atoms with E-state index in [4.69, 9.17) is 16.3 Å². The number of rotatable bonds is 5. The summed E-state index contributed by atoms with van der Waals surface area (Å²) in [5.41, 5.74) is 1.18. The molecule has 0 saturated carbocycles. The van der Waals surface area contributed by atoms with E-state index < -0.39 is 0 Å². The topological polar surface area (TPSA) is 37.1 Å². The predicted octanol–water partition coefficient (Wildman–Crippen LogP) is 1.83. The van der Waals surface area contributed by atoms with Crippen LogP contribution < -0.4 is 14.5 Å². The fourth-order valence-corrected chi connectivity index (χ4v) is 3.05. The van der Waals surface area contributed by atoms with E-state index in [0.29, 0.717) is 17.4 Å². The standard InChI is InChI=1S/C18H21ClN2O2/c19-17-3-1-2-4-18(17)23-14-13-20-9-11-21(12-10-20)15-5-7-16(22)8-6-15/h1-8,22H,9-14H2/p+1. The summed E-state index contributed by atoms with van der Waals surface area (Å²) in [6.07, 6.45) is 0. The number of aromatic hydroxyl groups is 1. The molecule has 2 N–H and O–H groups in total. The van der Waals surface area contributed by atoms with Gasteiger partial charge in [0.05, 0.1) is 31.2 Å². The summed E-state index contributed by atoms with van der Waals surface area (Å²) in [6, 6.07) is 15.0. The van der Waals surface area contributed by atoms with Gasteiger partial charge >= 0.3 is 0 Å². The van der Waals surface area contributed by atoms with Gasteiger partial charge in [-0.2, -0.15) is 0 Å². The molecule has 2 aromatic carbocycles. The number of hydrogen-bond acceptors (Lipinski definition) is 3. The highest BCUT2D eigenvalue weighted by Crippen LogP contribution is 2.22. The number of nitrogens with zero attached hydrogens (tertiary/aromatic N) is 1. The van der Waals surface area contributed by atoms with Gasteiger partial charge in [0.25, 0.3) is 0 Å². The Morgan fingerprint density at radius 2 is 1.74 bits per heavy atom. The molecule has 4 nitrogen and oxygen atoms in total. The molecule has 0 bridgehead atoms. The van der Waals surface area contributed by atoms with Gasteiger partial charge in [-0.3, -0.25) is 0 Å². The second-order valence-corrected chi connectivity index (χ2v) is 6.19. The van der Waals surface area contributed by atoms with Crippen LogP contribution in [-0.4, -0.2) is 44.4 Å². The predicted molar refractivity (Wildman–Crippen MR) is 92.8 cm³/mol. The summed E-state index contributed by atoms with van der Waals surface area (Å²) in [7, 11) is 0. The maximum Gasteiger partial charge on any atom is 0.138 e. The largest absolute Gasteiger partial charge is 0.508 e. The van der Waals surface area contributed by atoms with E-state index in [1.54, 1.807) is 17.0 Å². The van der Waals surface area contributed by atoms with Crippen LogP contribution in [0.2, 0.25) is 5.02 Å². The summed E-state index contributed by atoms with van der Waals surface area (Å²) in [5.74, 6) is 1.08. The van der Waals surface area contributed by atoms with Crippen molar-refractivity contribution in [3.05, 3.63) is 53.6 Å². The molecule has 0 aromatic heterocycles. The molecule has 0 atom stereocenters. The Morgan fingerprint density at radius 1 is 1.04 bits per heavy atom. The second-order valence-electron chi connectivity index (χ2n) is 5.78. The van der Waals surface area contributed by atoms with E-state index in [-0.39, 0.29) is 0 Å². The van der Waals surface area contributed by atoms with Gasteiger partial charge in [0, 0.05) is 5.69 Å². The van der Waals surface area contributed by atoms with Gasteiger partial charge in [0.1, 0.15) is 24.7 Å². The first-order chi connectivity index (χ1) is 11.2. The molecule has 23 heavy (non-hydrogen) atoms. The van der Waals surface area contributed by atoms with Crippen molar-refractivity contribution < 1.29 is 14.7 Å². The van der Waals surface area contributed by atoms with Crippen LogP contribution in [-0.2, 0) is 0 Å². The molecule has 122 valence electrons. The number of nitrogens with one attached hydrogen (secondary N) is 1. The van der Waals surface area contributed by atoms with Crippen LogP contribution in [0.5, 0.6) is 11.5 Å². The Hall–Kier alpha value is -1.91. The van der Waals surface area contributed by atoms with E-state index >= 15 is 0 Å². The Bertz CT molecular complexity index is 625. The van der Waals surface area contributed by atoms with Gasteiger partial charge in [-0.1, -0.05) is 23.7 Å². The number of phenolic OH excluding ortho intramolecular Hbond substituents is 1. The van der Waals surface area contributed by atoms with Crippen LogP contribution in [0, 0.1) is 0 Å².